The molecule has 0 saturated heterocycles. The molecule has 2 amide bonds. The van der Waals surface area contributed by atoms with E-state index in [-0.39, 0.29) is 24.1 Å². The molecule has 2 aromatic heterocycles. The maximum Gasteiger partial charge on any atom is 0.273 e. The summed E-state index contributed by atoms with van der Waals surface area (Å²) in [5.41, 5.74) is 3.42. The molecule has 4 rings (SSSR count). The molecule has 8 heteroatoms. The van der Waals surface area contributed by atoms with Crippen molar-refractivity contribution in [3.63, 3.8) is 0 Å². The molecule has 0 spiro atoms. The molecule has 1 aromatic carbocycles. The second-order valence-corrected chi connectivity index (χ2v) is 6.77. The van der Waals surface area contributed by atoms with Crippen LogP contribution in [0.15, 0.2) is 53.5 Å². The van der Waals surface area contributed by atoms with Gasteiger partial charge < -0.3 is 19.4 Å². The van der Waals surface area contributed by atoms with Gasteiger partial charge in [0.05, 0.1) is 6.20 Å². The molecular weight excluding hydrogens is 372 g/mol. The maximum absolute atomic E-state index is 12.5. The van der Waals surface area contributed by atoms with E-state index in [1.165, 1.54) is 6.39 Å². The quantitative estimate of drug-likeness (QED) is 0.691. The number of amides is 2. The number of nitrogens with zero attached hydrogens (tertiary/aromatic N) is 3. The molecule has 29 heavy (non-hydrogen) atoms. The fourth-order valence-electron chi connectivity index (χ4n) is 3.19. The van der Waals surface area contributed by atoms with E-state index >= 15 is 0 Å². The Hall–Kier alpha value is -3.68. The molecule has 3 heterocycles. The Morgan fingerprint density at radius 1 is 1.24 bits per heavy atom. The van der Waals surface area contributed by atoms with Crippen molar-refractivity contribution >= 4 is 11.8 Å². The predicted octanol–water partition coefficient (Wildman–Crippen LogP) is 2.23. The molecule has 0 aliphatic carbocycles. The number of rotatable bonds is 6. The van der Waals surface area contributed by atoms with Gasteiger partial charge in [-0.3, -0.25) is 14.6 Å². The molecule has 3 aromatic rings. The molecule has 0 bridgehead atoms. The first-order valence-electron chi connectivity index (χ1n) is 9.19. The maximum atomic E-state index is 12.5. The number of hydrogen-bond donors (Lipinski definition) is 1. The standard InChI is InChI=1S/C21H20N4O4/c1-14-20(24-13-29-14)21(27)23-8-15-4-5-16-10-25(11-17(16)7-15)19(26)12-28-18-3-2-6-22-9-18/h2-7,9,13H,8,10-12H2,1H3,(H,23,27). The molecule has 1 aliphatic rings. The van der Waals surface area contributed by atoms with Crippen LogP contribution in [0.3, 0.4) is 0 Å². The minimum atomic E-state index is -0.277. The fourth-order valence-corrected chi connectivity index (χ4v) is 3.19. The van der Waals surface area contributed by atoms with Crippen LogP contribution in [-0.4, -0.2) is 33.3 Å². The Morgan fingerprint density at radius 2 is 2.10 bits per heavy atom. The monoisotopic (exact) mass is 392 g/mol. The molecule has 0 saturated carbocycles. The SMILES string of the molecule is Cc1ocnc1C(=O)NCc1ccc2c(c1)CN(C(=O)COc1cccnc1)C2. The van der Waals surface area contributed by atoms with E-state index in [1.54, 1.807) is 36.4 Å². The van der Waals surface area contributed by atoms with Gasteiger partial charge in [-0.1, -0.05) is 18.2 Å². The van der Waals surface area contributed by atoms with Crippen molar-refractivity contribution in [2.75, 3.05) is 6.61 Å². The van der Waals surface area contributed by atoms with E-state index in [4.69, 9.17) is 9.15 Å². The number of aromatic nitrogens is 2. The normalized spacial score (nSPS) is 12.5. The number of aryl methyl sites for hydroxylation is 1. The summed E-state index contributed by atoms with van der Waals surface area (Å²) in [5.74, 6) is 0.694. The summed E-state index contributed by atoms with van der Waals surface area (Å²) in [5, 5.41) is 2.84. The van der Waals surface area contributed by atoms with Crippen molar-refractivity contribution in [2.45, 2.75) is 26.6 Å². The Labute approximate surface area is 167 Å². The zero-order valence-electron chi connectivity index (χ0n) is 15.9. The van der Waals surface area contributed by atoms with Crippen LogP contribution in [0.25, 0.3) is 0 Å². The Balaban J connectivity index is 1.32. The number of carbonyl (C=O) groups excluding carboxylic acids is 2. The van der Waals surface area contributed by atoms with Gasteiger partial charge in [0.1, 0.15) is 11.5 Å². The highest BCUT2D eigenvalue weighted by atomic mass is 16.5. The summed E-state index contributed by atoms with van der Waals surface area (Å²) in [6, 6.07) is 9.48. The van der Waals surface area contributed by atoms with E-state index in [1.807, 2.05) is 18.2 Å². The Bertz CT molecular complexity index is 1030. The molecule has 0 radical (unpaired) electrons. The average molecular weight is 392 g/mol. The van der Waals surface area contributed by atoms with Gasteiger partial charge in [-0.25, -0.2) is 4.98 Å². The molecule has 0 unspecified atom stereocenters. The van der Waals surface area contributed by atoms with Gasteiger partial charge in [-0.05, 0) is 35.7 Å². The van der Waals surface area contributed by atoms with Crippen LogP contribution in [0.5, 0.6) is 5.75 Å². The van der Waals surface area contributed by atoms with Crippen LogP contribution in [0.1, 0.15) is 32.9 Å². The summed E-state index contributed by atoms with van der Waals surface area (Å²) in [7, 11) is 0. The first kappa shape index (κ1) is 18.7. The van der Waals surface area contributed by atoms with Crippen molar-refractivity contribution in [2.24, 2.45) is 0 Å². The lowest BCUT2D eigenvalue weighted by Crippen LogP contribution is -2.30. The smallest absolute Gasteiger partial charge is 0.273 e. The van der Waals surface area contributed by atoms with E-state index in [2.05, 4.69) is 15.3 Å². The lowest BCUT2D eigenvalue weighted by Gasteiger charge is -2.15. The average Bonchev–Trinajstić information content (AvgIpc) is 3.36. The third-order valence-corrected chi connectivity index (χ3v) is 4.76. The number of benzene rings is 1. The second kappa shape index (κ2) is 8.14. The zero-order chi connectivity index (χ0) is 20.2. The molecule has 0 atom stereocenters. The number of carbonyl (C=O) groups is 2. The van der Waals surface area contributed by atoms with Crippen LogP contribution in [0, 0.1) is 6.92 Å². The predicted molar refractivity (Wildman–Crippen MR) is 103 cm³/mol. The third kappa shape index (κ3) is 4.26. The van der Waals surface area contributed by atoms with Gasteiger partial charge >= 0.3 is 0 Å². The number of ether oxygens (including phenoxy) is 1. The van der Waals surface area contributed by atoms with Crippen LogP contribution in [0.4, 0.5) is 0 Å². The highest BCUT2D eigenvalue weighted by Crippen LogP contribution is 2.24. The topological polar surface area (TPSA) is 97.6 Å². The summed E-state index contributed by atoms with van der Waals surface area (Å²) < 4.78 is 10.6. The first-order valence-corrected chi connectivity index (χ1v) is 9.19. The summed E-state index contributed by atoms with van der Waals surface area (Å²) in [6.07, 6.45) is 4.48. The van der Waals surface area contributed by atoms with E-state index < -0.39 is 0 Å². The van der Waals surface area contributed by atoms with Gasteiger partial charge in [0.15, 0.2) is 18.7 Å². The molecule has 8 nitrogen and oxygen atoms in total. The van der Waals surface area contributed by atoms with Crippen LogP contribution in [0.2, 0.25) is 0 Å². The number of pyridine rings is 1. The minimum Gasteiger partial charge on any atom is -0.482 e. The van der Waals surface area contributed by atoms with Gasteiger partial charge in [-0.15, -0.1) is 0 Å². The van der Waals surface area contributed by atoms with Crippen LogP contribution >= 0.6 is 0 Å². The van der Waals surface area contributed by atoms with Crippen LogP contribution < -0.4 is 10.1 Å². The number of oxazole rings is 1. The number of fused-ring (bicyclic) bond motifs is 1. The molecule has 1 N–H and O–H groups in total. The fraction of sp³-hybridized carbons (Fsp3) is 0.238. The Kier molecular flexibility index (Phi) is 5.24. The van der Waals surface area contributed by atoms with E-state index in [9.17, 15) is 9.59 Å². The molecule has 0 fully saturated rings. The van der Waals surface area contributed by atoms with Gasteiger partial charge in [0.2, 0.25) is 0 Å². The first-order chi connectivity index (χ1) is 14.1. The largest absolute Gasteiger partial charge is 0.482 e. The van der Waals surface area contributed by atoms with Gasteiger partial charge in [0, 0.05) is 25.8 Å². The highest BCUT2D eigenvalue weighted by molar-refractivity contribution is 5.93. The summed E-state index contributed by atoms with van der Waals surface area (Å²) in [6.45, 7) is 3.11. The van der Waals surface area contributed by atoms with Gasteiger partial charge in [0.25, 0.3) is 11.8 Å². The number of hydrogen-bond acceptors (Lipinski definition) is 6. The van der Waals surface area contributed by atoms with E-state index in [0.29, 0.717) is 31.1 Å². The minimum absolute atomic E-state index is 0.0281. The van der Waals surface area contributed by atoms with Crippen molar-refractivity contribution in [1.29, 1.82) is 0 Å². The lowest BCUT2D eigenvalue weighted by atomic mass is 10.1. The van der Waals surface area contributed by atoms with Crippen LogP contribution in [-0.2, 0) is 24.4 Å². The molecular formula is C21H20N4O4. The second-order valence-electron chi connectivity index (χ2n) is 6.77. The van der Waals surface area contributed by atoms with Crippen molar-refractivity contribution in [1.82, 2.24) is 20.2 Å². The van der Waals surface area contributed by atoms with Crippen molar-refractivity contribution < 1.29 is 18.7 Å². The zero-order valence-corrected chi connectivity index (χ0v) is 15.9. The summed E-state index contributed by atoms with van der Waals surface area (Å²) in [4.78, 5) is 34.2. The lowest BCUT2D eigenvalue weighted by molar-refractivity contribution is -0.134. The highest BCUT2D eigenvalue weighted by Gasteiger charge is 2.24. The Morgan fingerprint density at radius 3 is 2.86 bits per heavy atom. The summed E-state index contributed by atoms with van der Waals surface area (Å²) >= 11 is 0. The van der Waals surface area contributed by atoms with Crippen molar-refractivity contribution in [3.8, 4) is 5.75 Å². The third-order valence-electron chi connectivity index (χ3n) is 4.76. The van der Waals surface area contributed by atoms with Crippen molar-refractivity contribution in [3.05, 3.63) is 77.3 Å². The van der Waals surface area contributed by atoms with Gasteiger partial charge in [-0.2, -0.15) is 0 Å². The number of nitrogens with one attached hydrogen (secondary N) is 1. The molecule has 1 aliphatic heterocycles. The van der Waals surface area contributed by atoms with E-state index in [0.717, 1.165) is 16.7 Å². The molecule has 148 valence electrons.